The third kappa shape index (κ3) is 7.63. The summed E-state index contributed by atoms with van der Waals surface area (Å²) in [5.41, 5.74) is -0.0193. The fourth-order valence-corrected chi connectivity index (χ4v) is 7.15. The lowest BCUT2D eigenvalue weighted by atomic mass is 9.63. The van der Waals surface area contributed by atoms with Crippen LogP contribution in [0.25, 0.3) is 0 Å². The van der Waals surface area contributed by atoms with Gasteiger partial charge in [-0.05, 0) is 91.0 Å². The maximum Gasteiger partial charge on any atom is 0.318 e. The zero-order chi connectivity index (χ0) is 30.7. The van der Waals surface area contributed by atoms with Crippen molar-refractivity contribution in [1.82, 2.24) is 25.3 Å². The first kappa shape index (κ1) is 32.2. The predicted molar refractivity (Wildman–Crippen MR) is 163 cm³/mol. The smallest absolute Gasteiger partial charge is 0.318 e. The van der Waals surface area contributed by atoms with Crippen LogP contribution in [0.4, 0.5) is 9.18 Å². The number of amides is 4. The number of halogens is 1. The second kappa shape index (κ2) is 13.3. The van der Waals surface area contributed by atoms with E-state index >= 15 is 0 Å². The lowest BCUT2D eigenvalue weighted by molar-refractivity contribution is -0.147. The van der Waals surface area contributed by atoms with E-state index in [1.807, 2.05) is 25.7 Å². The lowest BCUT2D eigenvalue weighted by Crippen LogP contribution is -2.62. The van der Waals surface area contributed by atoms with Crippen molar-refractivity contribution < 1.29 is 18.8 Å². The number of urea groups is 1. The van der Waals surface area contributed by atoms with Crippen LogP contribution in [0.5, 0.6) is 0 Å². The van der Waals surface area contributed by atoms with Crippen molar-refractivity contribution in [2.45, 2.75) is 110 Å². The molecule has 8 nitrogen and oxygen atoms in total. The Hall–Kier alpha value is -2.68. The Kier molecular flexibility index (Phi) is 10.2. The number of rotatable bonds is 6. The standard InChI is InChI=1S/C33H52FN5O3/c1-23-21-39(22-24(2)37(23)6)31(42)35-28(20-25-12-14-27(34)15-13-25)29(40)38-18-16-33(17-19-38,26-10-8-7-9-11-26)30(41)36-32(3,4)5/h12-15,23-24,26,28H,7-11,16-22H2,1-6H3,(H,35,42)(H,36,41)/t23-,24+,28-/m1/s1. The van der Waals surface area contributed by atoms with E-state index in [0.29, 0.717) is 44.9 Å². The molecule has 3 fully saturated rings. The Balaban J connectivity index is 1.51. The SMILES string of the molecule is C[C@@H]1CN(C(=O)N[C@H](Cc2ccc(F)cc2)C(=O)N2CCC(C(=O)NC(C)(C)C)(C3CCCCC3)CC2)C[C@H](C)N1C. The molecule has 1 aliphatic carbocycles. The van der Waals surface area contributed by atoms with Gasteiger partial charge in [-0.3, -0.25) is 14.5 Å². The van der Waals surface area contributed by atoms with Crippen molar-refractivity contribution in [3.05, 3.63) is 35.6 Å². The monoisotopic (exact) mass is 585 g/mol. The van der Waals surface area contributed by atoms with E-state index in [0.717, 1.165) is 31.2 Å². The minimum atomic E-state index is -0.779. The highest BCUT2D eigenvalue weighted by atomic mass is 19.1. The van der Waals surface area contributed by atoms with Crippen LogP contribution in [0.1, 0.15) is 85.1 Å². The zero-order valence-electron chi connectivity index (χ0n) is 26.5. The molecule has 0 unspecified atom stereocenters. The highest BCUT2D eigenvalue weighted by Gasteiger charge is 2.49. The van der Waals surface area contributed by atoms with E-state index in [9.17, 15) is 18.8 Å². The summed E-state index contributed by atoms with van der Waals surface area (Å²) in [7, 11) is 2.07. The number of carbonyl (C=O) groups is 3. The van der Waals surface area contributed by atoms with Gasteiger partial charge in [0.1, 0.15) is 11.9 Å². The Morgan fingerprint density at radius 1 is 0.952 bits per heavy atom. The van der Waals surface area contributed by atoms with Crippen LogP contribution in [0.3, 0.4) is 0 Å². The lowest BCUT2D eigenvalue weighted by Gasteiger charge is -2.48. The van der Waals surface area contributed by atoms with Crippen LogP contribution in [-0.4, -0.2) is 89.4 Å². The van der Waals surface area contributed by atoms with Crippen molar-refractivity contribution in [3.63, 3.8) is 0 Å². The summed E-state index contributed by atoms with van der Waals surface area (Å²) in [5, 5.41) is 6.31. The number of likely N-dealkylation sites (N-methyl/N-ethyl adjacent to an activating group) is 1. The third-order valence-corrected chi connectivity index (χ3v) is 9.89. The molecule has 0 radical (unpaired) electrons. The first-order valence-electron chi connectivity index (χ1n) is 15.9. The first-order chi connectivity index (χ1) is 19.8. The number of hydrogen-bond acceptors (Lipinski definition) is 4. The van der Waals surface area contributed by atoms with Crippen LogP contribution in [0.2, 0.25) is 0 Å². The van der Waals surface area contributed by atoms with Crippen LogP contribution in [0, 0.1) is 17.2 Å². The molecule has 234 valence electrons. The van der Waals surface area contributed by atoms with E-state index < -0.39 is 11.5 Å². The Morgan fingerprint density at radius 2 is 1.52 bits per heavy atom. The second-order valence-corrected chi connectivity index (χ2v) is 14.1. The maximum atomic E-state index is 14.1. The normalized spacial score (nSPS) is 24.6. The van der Waals surface area contributed by atoms with Gasteiger partial charge >= 0.3 is 6.03 Å². The quantitative estimate of drug-likeness (QED) is 0.512. The van der Waals surface area contributed by atoms with E-state index in [4.69, 9.17) is 0 Å². The highest BCUT2D eigenvalue weighted by Crippen LogP contribution is 2.46. The summed E-state index contributed by atoms with van der Waals surface area (Å²) < 4.78 is 13.6. The van der Waals surface area contributed by atoms with Gasteiger partial charge in [-0.25, -0.2) is 9.18 Å². The summed E-state index contributed by atoms with van der Waals surface area (Å²) in [6.45, 7) is 12.4. The van der Waals surface area contributed by atoms with Gasteiger partial charge in [0, 0.05) is 50.2 Å². The largest absolute Gasteiger partial charge is 0.351 e. The van der Waals surface area contributed by atoms with Crippen molar-refractivity contribution in [2.75, 3.05) is 33.2 Å². The number of likely N-dealkylation sites (tertiary alicyclic amines) is 1. The van der Waals surface area contributed by atoms with Crippen LogP contribution in [-0.2, 0) is 16.0 Å². The van der Waals surface area contributed by atoms with Gasteiger partial charge in [0.15, 0.2) is 0 Å². The fraction of sp³-hybridized carbons (Fsp3) is 0.727. The van der Waals surface area contributed by atoms with E-state index in [2.05, 4.69) is 36.4 Å². The summed E-state index contributed by atoms with van der Waals surface area (Å²) >= 11 is 0. The summed E-state index contributed by atoms with van der Waals surface area (Å²) in [6, 6.07) is 5.50. The zero-order valence-corrected chi connectivity index (χ0v) is 26.5. The number of piperidine rings is 1. The van der Waals surface area contributed by atoms with Gasteiger partial charge < -0.3 is 20.4 Å². The van der Waals surface area contributed by atoms with Crippen LogP contribution >= 0.6 is 0 Å². The van der Waals surface area contributed by atoms with Gasteiger partial charge in [0.05, 0.1) is 5.41 Å². The van der Waals surface area contributed by atoms with E-state index in [-0.39, 0.29) is 47.7 Å². The van der Waals surface area contributed by atoms with Gasteiger partial charge in [0.25, 0.3) is 0 Å². The molecule has 1 aromatic carbocycles. The molecule has 4 rings (SSSR count). The molecule has 2 heterocycles. The molecule has 3 aliphatic rings. The number of benzene rings is 1. The fourth-order valence-electron chi connectivity index (χ4n) is 7.15. The van der Waals surface area contributed by atoms with Crippen LogP contribution < -0.4 is 10.6 Å². The average molecular weight is 586 g/mol. The summed E-state index contributed by atoms with van der Waals surface area (Å²) in [5.74, 6) is -0.0451. The maximum absolute atomic E-state index is 14.1. The van der Waals surface area contributed by atoms with Crippen molar-refractivity contribution in [2.24, 2.45) is 11.3 Å². The van der Waals surface area contributed by atoms with Crippen LogP contribution in [0.15, 0.2) is 24.3 Å². The number of carbonyl (C=O) groups excluding carboxylic acids is 3. The molecule has 0 bridgehead atoms. The Bertz CT molecular complexity index is 1080. The molecule has 0 aromatic heterocycles. The molecular formula is C33H52FN5O3. The van der Waals surface area contributed by atoms with Gasteiger partial charge in [-0.1, -0.05) is 31.4 Å². The van der Waals surface area contributed by atoms with Crippen molar-refractivity contribution in [1.29, 1.82) is 0 Å². The molecule has 2 saturated heterocycles. The highest BCUT2D eigenvalue weighted by molar-refractivity contribution is 5.88. The average Bonchev–Trinajstić information content (AvgIpc) is 2.95. The number of piperazine rings is 1. The number of hydrogen-bond donors (Lipinski definition) is 2. The molecule has 2 aliphatic heterocycles. The molecule has 4 amide bonds. The van der Waals surface area contributed by atoms with Gasteiger partial charge in [-0.2, -0.15) is 0 Å². The molecule has 3 atom stereocenters. The Labute approximate surface area is 251 Å². The first-order valence-corrected chi connectivity index (χ1v) is 15.9. The Morgan fingerprint density at radius 3 is 2.07 bits per heavy atom. The molecule has 2 N–H and O–H groups in total. The van der Waals surface area contributed by atoms with Crippen molar-refractivity contribution in [3.8, 4) is 0 Å². The third-order valence-electron chi connectivity index (χ3n) is 9.89. The number of nitrogens with zero attached hydrogens (tertiary/aromatic N) is 3. The van der Waals surface area contributed by atoms with Gasteiger partial charge in [0.2, 0.25) is 11.8 Å². The second-order valence-electron chi connectivity index (χ2n) is 14.1. The molecular weight excluding hydrogens is 533 g/mol. The molecule has 1 saturated carbocycles. The van der Waals surface area contributed by atoms with E-state index in [1.54, 1.807) is 17.0 Å². The number of nitrogens with one attached hydrogen (secondary N) is 2. The minimum Gasteiger partial charge on any atom is -0.351 e. The molecule has 0 spiro atoms. The molecule has 1 aromatic rings. The van der Waals surface area contributed by atoms with Gasteiger partial charge in [-0.15, -0.1) is 0 Å². The predicted octanol–water partition coefficient (Wildman–Crippen LogP) is 4.57. The molecule has 9 heteroatoms. The van der Waals surface area contributed by atoms with E-state index in [1.165, 1.54) is 18.6 Å². The summed E-state index contributed by atoms with van der Waals surface area (Å²) in [4.78, 5) is 47.2. The molecule has 42 heavy (non-hydrogen) atoms. The minimum absolute atomic E-state index is 0.114. The summed E-state index contributed by atoms with van der Waals surface area (Å²) in [6.07, 6.45) is 7.13. The topological polar surface area (TPSA) is 85.0 Å². The van der Waals surface area contributed by atoms with Crippen molar-refractivity contribution >= 4 is 17.8 Å².